The maximum absolute atomic E-state index is 13.8. The van der Waals surface area contributed by atoms with Crippen LogP contribution in [-0.2, 0) is 0 Å². The van der Waals surface area contributed by atoms with E-state index in [1.165, 1.54) is 11.1 Å². The zero-order valence-corrected chi connectivity index (χ0v) is 15.0. The van der Waals surface area contributed by atoms with Crippen molar-refractivity contribution in [3.8, 4) is 0 Å². The summed E-state index contributed by atoms with van der Waals surface area (Å²) >= 11 is 3.59. The van der Waals surface area contributed by atoms with Gasteiger partial charge in [-0.2, -0.15) is 0 Å². The van der Waals surface area contributed by atoms with Gasteiger partial charge < -0.3 is 5.11 Å². The molecule has 1 heterocycles. The van der Waals surface area contributed by atoms with Crippen LogP contribution in [0.1, 0.15) is 46.5 Å². The molecule has 0 radical (unpaired) electrons. The fourth-order valence-corrected chi connectivity index (χ4v) is 5.26. The Kier molecular flexibility index (Phi) is 9.45. The number of hydrogen-bond acceptors (Lipinski definition) is 3. The number of thioether (sulfide) groups is 2. The molecular formula is C17H27FOS2. The zero-order chi connectivity index (χ0) is 15.7. The van der Waals surface area contributed by atoms with E-state index in [2.05, 4.69) is 32.9 Å². The highest BCUT2D eigenvalue weighted by molar-refractivity contribution is 8.20. The number of aliphatic hydroxyl groups excluding tert-OH is 1. The lowest BCUT2D eigenvalue weighted by Gasteiger charge is -2.14. The third kappa shape index (κ3) is 7.57. The predicted molar refractivity (Wildman–Crippen MR) is 95.6 cm³/mol. The summed E-state index contributed by atoms with van der Waals surface area (Å²) in [6.07, 6.45) is 8.19. The van der Waals surface area contributed by atoms with Gasteiger partial charge in [-0.15, -0.1) is 23.5 Å². The highest BCUT2D eigenvalue weighted by atomic mass is 32.2. The monoisotopic (exact) mass is 330 g/mol. The van der Waals surface area contributed by atoms with Crippen LogP contribution >= 0.6 is 23.5 Å². The molecule has 4 heteroatoms. The molecule has 0 aromatic rings. The lowest BCUT2D eigenvalue weighted by atomic mass is 10.1. The van der Waals surface area contributed by atoms with Crippen LogP contribution in [0, 0.1) is 0 Å². The lowest BCUT2D eigenvalue weighted by Crippen LogP contribution is -2.03. The topological polar surface area (TPSA) is 20.2 Å². The zero-order valence-electron chi connectivity index (χ0n) is 13.3. The SMILES string of the molecule is CC(C)=CCC/C(C)=C/CC/C(=C(/F)CO)C1SCCS1. The van der Waals surface area contributed by atoms with Crippen LogP contribution in [0.25, 0.3) is 0 Å². The van der Waals surface area contributed by atoms with Gasteiger partial charge in [0, 0.05) is 11.5 Å². The molecule has 1 rings (SSSR count). The first-order valence-electron chi connectivity index (χ1n) is 7.55. The minimum Gasteiger partial charge on any atom is -0.389 e. The van der Waals surface area contributed by atoms with E-state index in [0.29, 0.717) is 0 Å². The molecule has 1 fully saturated rings. The van der Waals surface area contributed by atoms with Crippen molar-refractivity contribution < 1.29 is 9.50 Å². The molecule has 0 unspecified atom stereocenters. The van der Waals surface area contributed by atoms with Gasteiger partial charge in [-0.05, 0) is 52.0 Å². The van der Waals surface area contributed by atoms with Crippen LogP contribution in [0.2, 0.25) is 0 Å². The van der Waals surface area contributed by atoms with Crippen LogP contribution in [0.3, 0.4) is 0 Å². The van der Waals surface area contributed by atoms with E-state index in [4.69, 9.17) is 5.11 Å². The average Bonchev–Trinajstić information content (AvgIpc) is 2.96. The van der Waals surface area contributed by atoms with Crippen LogP contribution in [-0.4, -0.2) is 27.8 Å². The molecule has 0 bridgehead atoms. The number of allylic oxidation sites excluding steroid dienone is 4. The van der Waals surface area contributed by atoms with E-state index in [1.807, 2.05) is 0 Å². The first kappa shape index (κ1) is 18.9. The highest BCUT2D eigenvalue weighted by Gasteiger charge is 2.23. The van der Waals surface area contributed by atoms with Gasteiger partial charge in [-0.1, -0.05) is 23.3 Å². The van der Waals surface area contributed by atoms with E-state index < -0.39 is 6.61 Å². The Morgan fingerprint density at radius 3 is 2.29 bits per heavy atom. The number of halogens is 1. The fraction of sp³-hybridized carbons (Fsp3) is 0.647. The molecule has 0 atom stereocenters. The largest absolute Gasteiger partial charge is 0.389 e. The van der Waals surface area contributed by atoms with Gasteiger partial charge in [0.1, 0.15) is 5.83 Å². The van der Waals surface area contributed by atoms with Crippen molar-refractivity contribution in [1.82, 2.24) is 0 Å². The number of hydrogen-bond donors (Lipinski definition) is 1. The molecule has 1 aliphatic rings. The Balaban J connectivity index is 2.48. The molecule has 0 amide bonds. The lowest BCUT2D eigenvalue weighted by molar-refractivity contribution is 0.295. The third-order valence-electron chi connectivity index (χ3n) is 3.39. The second-order valence-corrected chi connectivity index (χ2v) is 8.30. The second-order valence-electron chi connectivity index (χ2n) is 5.57. The molecule has 0 saturated carbocycles. The Morgan fingerprint density at radius 2 is 1.71 bits per heavy atom. The second kappa shape index (κ2) is 10.5. The molecule has 21 heavy (non-hydrogen) atoms. The van der Waals surface area contributed by atoms with Crippen molar-refractivity contribution in [3.05, 3.63) is 34.7 Å². The molecule has 1 N–H and O–H groups in total. The van der Waals surface area contributed by atoms with Crippen LogP contribution < -0.4 is 0 Å². The smallest absolute Gasteiger partial charge is 0.126 e. The van der Waals surface area contributed by atoms with E-state index in [-0.39, 0.29) is 10.4 Å². The summed E-state index contributed by atoms with van der Waals surface area (Å²) in [5, 5.41) is 9.07. The van der Waals surface area contributed by atoms with Crippen molar-refractivity contribution >= 4 is 23.5 Å². The van der Waals surface area contributed by atoms with Crippen molar-refractivity contribution in [2.24, 2.45) is 0 Å². The summed E-state index contributed by atoms with van der Waals surface area (Å²) in [7, 11) is 0. The molecule has 1 aliphatic heterocycles. The molecule has 120 valence electrons. The summed E-state index contributed by atoms with van der Waals surface area (Å²) in [6, 6.07) is 0. The van der Waals surface area contributed by atoms with E-state index in [0.717, 1.165) is 42.8 Å². The van der Waals surface area contributed by atoms with Gasteiger partial charge in [0.15, 0.2) is 0 Å². The summed E-state index contributed by atoms with van der Waals surface area (Å²) in [5.41, 5.74) is 3.52. The quantitative estimate of drug-likeness (QED) is 0.595. The van der Waals surface area contributed by atoms with Gasteiger partial charge >= 0.3 is 0 Å². The summed E-state index contributed by atoms with van der Waals surface area (Å²) in [4.78, 5) is 0. The molecule has 1 saturated heterocycles. The van der Waals surface area contributed by atoms with Crippen LogP contribution in [0.5, 0.6) is 0 Å². The van der Waals surface area contributed by atoms with Crippen LogP contribution in [0.15, 0.2) is 34.7 Å². The Hall–Kier alpha value is -0.190. The summed E-state index contributed by atoms with van der Waals surface area (Å²) in [6.45, 7) is 5.91. The Bertz CT molecular complexity index is 403. The molecular weight excluding hydrogens is 303 g/mol. The van der Waals surface area contributed by atoms with Crippen molar-refractivity contribution in [2.45, 2.75) is 51.0 Å². The fourth-order valence-electron chi connectivity index (χ4n) is 2.21. The van der Waals surface area contributed by atoms with Gasteiger partial charge in [-0.3, -0.25) is 0 Å². The van der Waals surface area contributed by atoms with E-state index >= 15 is 0 Å². The van der Waals surface area contributed by atoms with E-state index in [9.17, 15) is 4.39 Å². The van der Waals surface area contributed by atoms with Crippen molar-refractivity contribution in [1.29, 1.82) is 0 Å². The van der Waals surface area contributed by atoms with Gasteiger partial charge in [-0.25, -0.2) is 4.39 Å². The maximum Gasteiger partial charge on any atom is 0.126 e. The average molecular weight is 331 g/mol. The first-order valence-corrected chi connectivity index (χ1v) is 9.64. The van der Waals surface area contributed by atoms with Crippen molar-refractivity contribution in [3.63, 3.8) is 0 Å². The Labute approximate surface area is 137 Å². The van der Waals surface area contributed by atoms with Crippen LogP contribution in [0.4, 0.5) is 4.39 Å². The molecule has 0 aromatic carbocycles. The minimum atomic E-state index is -0.462. The highest BCUT2D eigenvalue weighted by Crippen LogP contribution is 2.40. The molecule has 1 nitrogen and oxygen atoms in total. The Morgan fingerprint density at radius 1 is 1.10 bits per heavy atom. The third-order valence-corrected chi connectivity index (χ3v) is 6.52. The summed E-state index contributed by atoms with van der Waals surface area (Å²) in [5.74, 6) is 1.84. The molecule has 0 aliphatic carbocycles. The van der Waals surface area contributed by atoms with Crippen molar-refractivity contribution in [2.75, 3.05) is 18.1 Å². The number of rotatable bonds is 8. The van der Waals surface area contributed by atoms with Gasteiger partial charge in [0.25, 0.3) is 0 Å². The van der Waals surface area contributed by atoms with E-state index in [1.54, 1.807) is 23.5 Å². The first-order chi connectivity index (χ1) is 10.0. The number of aliphatic hydroxyl groups is 1. The standard InChI is InChI=1S/C17H27FOS2/c1-13(2)6-4-7-14(3)8-5-9-15(16(18)12-19)17-20-10-11-21-17/h6,8,17,19H,4-5,7,9-12H2,1-3H3/b14-8+,16-15-. The molecule has 0 spiro atoms. The molecule has 0 aromatic heterocycles. The minimum absolute atomic E-state index is 0.205. The maximum atomic E-state index is 13.8. The van der Waals surface area contributed by atoms with Gasteiger partial charge in [0.05, 0.1) is 11.2 Å². The predicted octanol–water partition coefficient (Wildman–Crippen LogP) is 5.48. The van der Waals surface area contributed by atoms with Gasteiger partial charge in [0.2, 0.25) is 0 Å². The normalized spacial score (nSPS) is 17.9. The summed E-state index contributed by atoms with van der Waals surface area (Å²) < 4.78 is 14.0.